The molecule has 0 spiro atoms. The zero-order valence-electron chi connectivity index (χ0n) is 9.45. The fraction of sp³-hybridized carbons (Fsp3) is 0.909. The van der Waals surface area contributed by atoms with Crippen molar-refractivity contribution in [2.45, 2.75) is 51.6 Å². The van der Waals surface area contributed by atoms with Crippen molar-refractivity contribution in [1.29, 1.82) is 0 Å². The van der Waals surface area contributed by atoms with E-state index in [1.165, 1.54) is 19.3 Å². The van der Waals surface area contributed by atoms with E-state index in [0.29, 0.717) is 6.61 Å². The Morgan fingerprint density at radius 3 is 2.40 bits per heavy atom. The molecule has 90 valence electrons. The van der Waals surface area contributed by atoms with Crippen LogP contribution in [-0.2, 0) is 9.53 Å². The standard InChI is InChI=1S/C11H22O4/c1-2-3-4-5-6-7-8-15-11(14)10(13)9-12/h10,12-13H,2-9H2,1H3. The van der Waals surface area contributed by atoms with E-state index < -0.39 is 18.7 Å². The van der Waals surface area contributed by atoms with E-state index in [-0.39, 0.29) is 0 Å². The van der Waals surface area contributed by atoms with Gasteiger partial charge in [-0.1, -0.05) is 39.0 Å². The molecule has 0 aromatic carbocycles. The Morgan fingerprint density at radius 2 is 1.80 bits per heavy atom. The van der Waals surface area contributed by atoms with Crippen molar-refractivity contribution in [3.05, 3.63) is 0 Å². The van der Waals surface area contributed by atoms with Crippen molar-refractivity contribution in [3.63, 3.8) is 0 Å². The zero-order valence-corrected chi connectivity index (χ0v) is 9.45. The van der Waals surface area contributed by atoms with Crippen LogP contribution < -0.4 is 0 Å². The van der Waals surface area contributed by atoms with Crippen LogP contribution in [0.15, 0.2) is 0 Å². The minimum absolute atomic E-state index is 0.335. The molecule has 4 heteroatoms. The number of carbonyl (C=O) groups is 1. The highest BCUT2D eigenvalue weighted by Crippen LogP contribution is 2.05. The number of hydrogen-bond acceptors (Lipinski definition) is 4. The summed E-state index contributed by atoms with van der Waals surface area (Å²) in [6.07, 6.45) is 5.35. The van der Waals surface area contributed by atoms with Crippen molar-refractivity contribution in [2.75, 3.05) is 13.2 Å². The van der Waals surface area contributed by atoms with Crippen LogP contribution in [0.5, 0.6) is 0 Å². The third-order valence-corrected chi connectivity index (χ3v) is 2.19. The maximum atomic E-state index is 10.9. The highest BCUT2D eigenvalue weighted by Gasteiger charge is 2.14. The second-order valence-corrected chi connectivity index (χ2v) is 3.63. The summed E-state index contributed by atoms with van der Waals surface area (Å²) < 4.78 is 4.75. The quantitative estimate of drug-likeness (QED) is 0.451. The highest BCUT2D eigenvalue weighted by atomic mass is 16.5. The average Bonchev–Trinajstić information content (AvgIpc) is 2.26. The van der Waals surface area contributed by atoms with Gasteiger partial charge in [0.15, 0.2) is 6.10 Å². The van der Waals surface area contributed by atoms with E-state index in [4.69, 9.17) is 14.9 Å². The van der Waals surface area contributed by atoms with Gasteiger partial charge in [-0.05, 0) is 6.42 Å². The van der Waals surface area contributed by atoms with E-state index in [1.54, 1.807) is 0 Å². The lowest BCUT2D eigenvalue weighted by molar-refractivity contribution is -0.155. The molecule has 0 aromatic rings. The largest absolute Gasteiger partial charge is 0.464 e. The van der Waals surface area contributed by atoms with Crippen LogP contribution >= 0.6 is 0 Å². The van der Waals surface area contributed by atoms with Gasteiger partial charge in [-0.15, -0.1) is 0 Å². The van der Waals surface area contributed by atoms with E-state index in [0.717, 1.165) is 19.3 Å². The lowest BCUT2D eigenvalue weighted by Gasteiger charge is -2.07. The Morgan fingerprint density at radius 1 is 1.20 bits per heavy atom. The van der Waals surface area contributed by atoms with Gasteiger partial charge >= 0.3 is 5.97 Å². The highest BCUT2D eigenvalue weighted by molar-refractivity contribution is 5.74. The Balaban J connectivity index is 3.20. The van der Waals surface area contributed by atoms with Gasteiger partial charge in [-0.3, -0.25) is 0 Å². The molecule has 4 nitrogen and oxygen atoms in total. The summed E-state index contributed by atoms with van der Waals surface area (Å²) in [5.74, 6) is -0.731. The molecule has 0 saturated heterocycles. The summed E-state index contributed by atoms with van der Waals surface area (Å²) in [5.41, 5.74) is 0. The van der Waals surface area contributed by atoms with Crippen LogP contribution in [0.1, 0.15) is 45.4 Å². The lowest BCUT2D eigenvalue weighted by atomic mass is 10.1. The van der Waals surface area contributed by atoms with Crippen LogP contribution in [-0.4, -0.2) is 35.5 Å². The molecule has 2 N–H and O–H groups in total. The van der Waals surface area contributed by atoms with Gasteiger partial charge in [-0.2, -0.15) is 0 Å². The summed E-state index contributed by atoms with van der Waals surface area (Å²) in [6.45, 7) is 1.93. The van der Waals surface area contributed by atoms with Gasteiger partial charge < -0.3 is 14.9 Å². The molecule has 1 unspecified atom stereocenters. The van der Waals surface area contributed by atoms with Gasteiger partial charge in [0.2, 0.25) is 0 Å². The summed E-state index contributed by atoms with van der Waals surface area (Å²) >= 11 is 0. The summed E-state index contributed by atoms with van der Waals surface area (Å²) in [6, 6.07) is 0. The molecular formula is C11H22O4. The minimum Gasteiger partial charge on any atom is -0.464 e. The second-order valence-electron chi connectivity index (χ2n) is 3.63. The molecule has 0 rings (SSSR count). The van der Waals surface area contributed by atoms with E-state index >= 15 is 0 Å². The second kappa shape index (κ2) is 9.93. The molecule has 0 amide bonds. The fourth-order valence-electron chi connectivity index (χ4n) is 1.23. The monoisotopic (exact) mass is 218 g/mol. The summed E-state index contributed by atoms with van der Waals surface area (Å²) in [5, 5.41) is 17.3. The van der Waals surface area contributed by atoms with Crippen molar-refractivity contribution >= 4 is 5.97 Å². The van der Waals surface area contributed by atoms with E-state index in [2.05, 4.69) is 6.92 Å². The maximum absolute atomic E-state index is 10.9. The Bertz CT molecular complexity index is 159. The normalized spacial score (nSPS) is 12.5. The van der Waals surface area contributed by atoms with Gasteiger partial charge in [-0.25, -0.2) is 4.79 Å². The molecule has 0 aromatic heterocycles. The molecule has 0 fully saturated rings. The molecule has 1 atom stereocenters. The predicted molar refractivity (Wildman–Crippen MR) is 57.4 cm³/mol. The van der Waals surface area contributed by atoms with Crippen molar-refractivity contribution in [3.8, 4) is 0 Å². The smallest absolute Gasteiger partial charge is 0.337 e. The van der Waals surface area contributed by atoms with Crippen LogP contribution in [0.2, 0.25) is 0 Å². The Kier molecular flexibility index (Phi) is 9.52. The predicted octanol–water partition coefficient (Wildman–Crippen LogP) is 1.24. The van der Waals surface area contributed by atoms with Crippen molar-refractivity contribution in [2.24, 2.45) is 0 Å². The summed E-state index contributed by atoms with van der Waals surface area (Å²) in [7, 11) is 0. The molecule has 0 bridgehead atoms. The first-order valence-electron chi connectivity index (χ1n) is 5.68. The fourth-order valence-corrected chi connectivity index (χ4v) is 1.23. The average molecular weight is 218 g/mol. The molecule has 0 aliphatic carbocycles. The van der Waals surface area contributed by atoms with Gasteiger partial charge in [0.25, 0.3) is 0 Å². The molecule has 0 aliphatic heterocycles. The first kappa shape index (κ1) is 14.4. The van der Waals surface area contributed by atoms with Crippen LogP contribution in [0, 0.1) is 0 Å². The van der Waals surface area contributed by atoms with Crippen LogP contribution in [0.25, 0.3) is 0 Å². The number of esters is 1. The zero-order chi connectivity index (χ0) is 11.5. The molecule has 0 saturated carbocycles. The molecule has 0 radical (unpaired) electrons. The number of hydrogen-bond donors (Lipinski definition) is 2. The number of carbonyl (C=O) groups excluding carboxylic acids is 1. The van der Waals surface area contributed by atoms with Crippen LogP contribution in [0.4, 0.5) is 0 Å². The number of aliphatic hydroxyl groups is 2. The lowest BCUT2D eigenvalue weighted by Crippen LogP contribution is -2.26. The van der Waals surface area contributed by atoms with Crippen molar-refractivity contribution in [1.82, 2.24) is 0 Å². The Hall–Kier alpha value is -0.610. The number of aliphatic hydroxyl groups excluding tert-OH is 2. The van der Waals surface area contributed by atoms with Crippen molar-refractivity contribution < 1.29 is 19.7 Å². The Labute approximate surface area is 91.3 Å². The third-order valence-electron chi connectivity index (χ3n) is 2.19. The molecule has 0 aliphatic rings. The number of unbranched alkanes of at least 4 members (excludes halogenated alkanes) is 5. The SMILES string of the molecule is CCCCCCCCOC(=O)C(O)CO. The third kappa shape index (κ3) is 8.39. The molecular weight excluding hydrogens is 196 g/mol. The molecule has 15 heavy (non-hydrogen) atoms. The van der Waals surface area contributed by atoms with Gasteiger partial charge in [0.05, 0.1) is 13.2 Å². The number of rotatable bonds is 9. The van der Waals surface area contributed by atoms with E-state index in [9.17, 15) is 4.79 Å². The van der Waals surface area contributed by atoms with Gasteiger partial charge in [0.1, 0.15) is 0 Å². The minimum atomic E-state index is -1.38. The first-order chi connectivity index (χ1) is 7.22. The van der Waals surface area contributed by atoms with Gasteiger partial charge in [0, 0.05) is 0 Å². The number of ether oxygens (including phenoxy) is 1. The van der Waals surface area contributed by atoms with Crippen LogP contribution in [0.3, 0.4) is 0 Å². The van der Waals surface area contributed by atoms with E-state index in [1.807, 2.05) is 0 Å². The maximum Gasteiger partial charge on any atom is 0.337 e. The molecule has 0 heterocycles. The first-order valence-corrected chi connectivity index (χ1v) is 5.68. The summed E-state index contributed by atoms with van der Waals surface area (Å²) in [4.78, 5) is 10.9. The topological polar surface area (TPSA) is 66.8 Å².